The van der Waals surface area contributed by atoms with E-state index in [9.17, 15) is 0 Å². The average molecular weight is 285 g/mol. The van der Waals surface area contributed by atoms with Crippen molar-refractivity contribution in [2.45, 2.75) is 50.3 Å². The lowest BCUT2D eigenvalue weighted by Crippen LogP contribution is -2.38. The molecule has 0 amide bonds. The Bertz CT molecular complexity index is 329. The van der Waals surface area contributed by atoms with Gasteiger partial charge in [0, 0.05) is 10.2 Å². The predicted octanol–water partition coefficient (Wildman–Crippen LogP) is 4.76. The molecule has 90 valence electrons. The second-order valence-electron chi connectivity index (χ2n) is 5.74. The normalized spacial score (nSPS) is 31.6. The summed E-state index contributed by atoms with van der Waals surface area (Å²) in [4.78, 5) is 0.622. The molecule has 3 atom stereocenters. The molecule has 1 fully saturated rings. The Balaban J connectivity index is 2.17. The van der Waals surface area contributed by atoms with Crippen LogP contribution in [-0.2, 0) is 5.41 Å². The molecular weight excluding hydrogens is 264 g/mol. The molecule has 2 rings (SSSR count). The van der Waals surface area contributed by atoms with Crippen molar-refractivity contribution in [3.63, 3.8) is 0 Å². The largest absolute Gasteiger partial charge is 0.469 e. The van der Waals surface area contributed by atoms with Gasteiger partial charge in [-0.1, -0.05) is 43.1 Å². The maximum atomic E-state index is 5.61. The average Bonchev–Trinajstić information content (AvgIpc) is 2.69. The predicted molar refractivity (Wildman–Crippen MR) is 71.0 cm³/mol. The Kier molecular flexibility index (Phi) is 3.48. The lowest BCUT2D eigenvalue weighted by molar-refractivity contribution is 0.190. The summed E-state index contributed by atoms with van der Waals surface area (Å²) < 4.78 is 5.61. The van der Waals surface area contributed by atoms with Crippen LogP contribution in [0.25, 0.3) is 0 Å². The van der Waals surface area contributed by atoms with E-state index < -0.39 is 0 Å². The summed E-state index contributed by atoms with van der Waals surface area (Å²) in [7, 11) is 0. The number of furan rings is 1. The quantitative estimate of drug-likeness (QED) is 0.714. The monoisotopic (exact) mass is 284 g/mol. The molecule has 0 spiro atoms. The number of alkyl halides is 1. The van der Waals surface area contributed by atoms with Crippen LogP contribution in [0.5, 0.6) is 0 Å². The molecule has 0 radical (unpaired) electrons. The van der Waals surface area contributed by atoms with Gasteiger partial charge in [0.1, 0.15) is 5.76 Å². The van der Waals surface area contributed by atoms with E-state index in [1.54, 1.807) is 6.26 Å². The highest BCUT2D eigenvalue weighted by atomic mass is 79.9. The topological polar surface area (TPSA) is 13.1 Å². The SMILES string of the molecule is CC1CCC(C(C)(C)c2ccco2)C(Br)C1. The third-order valence-corrected chi connectivity index (χ3v) is 5.13. The van der Waals surface area contributed by atoms with Crippen molar-refractivity contribution < 1.29 is 4.42 Å². The van der Waals surface area contributed by atoms with Gasteiger partial charge in [0.2, 0.25) is 0 Å². The van der Waals surface area contributed by atoms with E-state index in [1.165, 1.54) is 19.3 Å². The second kappa shape index (κ2) is 4.56. The van der Waals surface area contributed by atoms with E-state index in [0.29, 0.717) is 10.7 Å². The summed E-state index contributed by atoms with van der Waals surface area (Å²) in [5, 5.41) is 0. The number of hydrogen-bond acceptors (Lipinski definition) is 1. The fourth-order valence-electron chi connectivity index (χ4n) is 2.95. The molecule has 1 aromatic rings. The Morgan fingerprint density at radius 2 is 2.12 bits per heavy atom. The molecule has 1 nitrogen and oxygen atoms in total. The molecule has 1 aromatic heterocycles. The van der Waals surface area contributed by atoms with Gasteiger partial charge >= 0.3 is 0 Å². The summed E-state index contributed by atoms with van der Waals surface area (Å²) in [5.41, 5.74) is 0.137. The number of hydrogen-bond donors (Lipinski definition) is 0. The van der Waals surface area contributed by atoms with Crippen LogP contribution < -0.4 is 0 Å². The number of rotatable bonds is 2. The fraction of sp³-hybridized carbons (Fsp3) is 0.714. The lowest BCUT2D eigenvalue weighted by Gasteiger charge is -2.40. The van der Waals surface area contributed by atoms with Gasteiger partial charge in [0.05, 0.1) is 6.26 Å². The third kappa shape index (κ3) is 2.22. The summed E-state index contributed by atoms with van der Waals surface area (Å²) in [5.74, 6) is 2.65. The zero-order valence-electron chi connectivity index (χ0n) is 10.4. The van der Waals surface area contributed by atoms with Crippen LogP contribution in [0.2, 0.25) is 0 Å². The van der Waals surface area contributed by atoms with Crippen molar-refractivity contribution in [2.24, 2.45) is 11.8 Å². The maximum Gasteiger partial charge on any atom is 0.109 e. The van der Waals surface area contributed by atoms with E-state index in [0.717, 1.165) is 11.7 Å². The van der Waals surface area contributed by atoms with Gasteiger partial charge in [-0.05, 0) is 36.8 Å². The van der Waals surface area contributed by atoms with Gasteiger partial charge in [-0.2, -0.15) is 0 Å². The molecule has 1 saturated carbocycles. The van der Waals surface area contributed by atoms with Crippen LogP contribution in [-0.4, -0.2) is 4.83 Å². The minimum atomic E-state index is 0.137. The zero-order valence-corrected chi connectivity index (χ0v) is 12.0. The summed E-state index contributed by atoms with van der Waals surface area (Å²) in [6.45, 7) is 6.96. The van der Waals surface area contributed by atoms with Crippen LogP contribution in [0.15, 0.2) is 22.8 Å². The molecule has 0 N–H and O–H groups in total. The molecule has 0 aliphatic heterocycles. The molecule has 16 heavy (non-hydrogen) atoms. The highest BCUT2D eigenvalue weighted by Gasteiger charge is 2.40. The maximum absolute atomic E-state index is 5.61. The van der Waals surface area contributed by atoms with Gasteiger partial charge in [-0.3, -0.25) is 0 Å². The van der Waals surface area contributed by atoms with E-state index in [4.69, 9.17) is 4.42 Å². The van der Waals surface area contributed by atoms with Gasteiger partial charge in [-0.25, -0.2) is 0 Å². The Morgan fingerprint density at radius 1 is 1.38 bits per heavy atom. The molecule has 1 heterocycles. The van der Waals surface area contributed by atoms with Crippen molar-refractivity contribution in [3.8, 4) is 0 Å². The first-order valence-electron chi connectivity index (χ1n) is 6.20. The summed E-state index contributed by atoms with van der Waals surface area (Å²) in [6.07, 6.45) is 5.71. The third-order valence-electron chi connectivity index (χ3n) is 4.12. The molecule has 1 aliphatic rings. The number of halogens is 1. The Hall–Kier alpha value is -0.240. The first kappa shape index (κ1) is 12.2. The Morgan fingerprint density at radius 3 is 2.69 bits per heavy atom. The van der Waals surface area contributed by atoms with Crippen molar-refractivity contribution >= 4 is 15.9 Å². The fourth-order valence-corrected chi connectivity index (χ4v) is 4.52. The van der Waals surface area contributed by atoms with Crippen LogP contribution in [0, 0.1) is 11.8 Å². The van der Waals surface area contributed by atoms with Crippen molar-refractivity contribution in [1.29, 1.82) is 0 Å². The first-order chi connectivity index (χ1) is 7.51. The molecule has 0 aromatic carbocycles. The Labute approximate surface area is 107 Å². The van der Waals surface area contributed by atoms with Gasteiger partial charge in [0.15, 0.2) is 0 Å². The van der Waals surface area contributed by atoms with Gasteiger partial charge in [-0.15, -0.1) is 0 Å². The van der Waals surface area contributed by atoms with Crippen LogP contribution in [0.3, 0.4) is 0 Å². The molecule has 3 unspecified atom stereocenters. The zero-order chi connectivity index (χ0) is 11.8. The van der Waals surface area contributed by atoms with Crippen molar-refractivity contribution in [2.75, 3.05) is 0 Å². The first-order valence-corrected chi connectivity index (χ1v) is 7.11. The highest BCUT2D eigenvalue weighted by molar-refractivity contribution is 9.09. The van der Waals surface area contributed by atoms with E-state index in [2.05, 4.69) is 42.8 Å². The van der Waals surface area contributed by atoms with Crippen molar-refractivity contribution in [3.05, 3.63) is 24.2 Å². The van der Waals surface area contributed by atoms with Crippen molar-refractivity contribution in [1.82, 2.24) is 0 Å². The molecule has 2 heteroatoms. The smallest absolute Gasteiger partial charge is 0.109 e. The minimum Gasteiger partial charge on any atom is -0.469 e. The highest BCUT2D eigenvalue weighted by Crippen LogP contribution is 2.45. The molecule has 0 saturated heterocycles. The molecule has 1 aliphatic carbocycles. The molecular formula is C14H21BrO. The van der Waals surface area contributed by atoms with E-state index in [-0.39, 0.29) is 5.41 Å². The molecule has 0 bridgehead atoms. The standard InChI is InChI=1S/C14H21BrO/c1-10-6-7-11(12(15)9-10)14(2,3)13-5-4-8-16-13/h4-5,8,10-12H,6-7,9H2,1-3H3. The minimum absolute atomic E-state index is 0.137. The summed E-state index contributed by atoms with van der Waals surface area (Å²) >= 11 is 3.87. The van der Waals surface area contributed by atoms with Crippen LogP contribution >= 0.6 is 15.9 Å². The van der Waals surface area contributed by atoms with E-state index >= 15 is 0 Å². The second-order valence-corrected chi connectivity index (χ2v) is 6.92. The van der Waals surface area contributed by atoms with Gasteiger partial charge in [0.25, 0.3) is 0 Å². The van der Waals surface area contributed by atoms with Crippen LogP contribution in [0.1, 0.15) is 45.8 Å². The van der Waals surface area contributed by atoms with Gasteiger partial charge < -0.3 is 4.42 Å². The van der Waals surface area contributed by atoms with E-state index in [1.807, 2.05) is 6.07 Å². The summed E-state index contributed by atoms with van der Waals surface area (Å²) in [6, 6.07) is 4.10. The lowest BCUT2D eigenvalue weighted by atomic mass is 9.68. The van der Waals surface area contributed by atoms with Crippen LogP contribution in [0.4, 0.5) is 0 Å².